The number of esters is 1. The van der Waals surface area contributed by atoms with Gasteiger partial charge in [-0.05, 0) is 30.8 Å². The monoisotopic (exact) mass is 318 g/mol. The number of ether oxygens (including phenoxy) is 1. The molecule has 1 aliphatic heterocycles. The Morgan fingerprint density at radius 1 is 1.52 bits per heavy atom. The van der Waals surface area contributed by atoms with Crippen LogP contribution in [0.2, 0.25) is 0 Å². The molecule has 0 N–H and O–H groups in total. The Kier molecular flexibility index (Phi) is 4.14. The zero-order valence-electron chi connectivity index (χ0n) is 12.8. The fraction of sp³-hybridized carbons (Fsp3) is 0.467. The zero-order chi connectivity index (χ0) is 16.4. The van der Waals surface area contributed by atoms with Crippen molar-refractivity contribution in [3.8, 4) is 0 Å². The molecule has 1 aliphatic rings. The van der Waals surface area contributed by atoms with E-state index in [4.69, 9.17) is 4.74 Å². The molecule has 8 heteroatoms. The fourth-order valence-corrected chi connectivity index (χ4v) is 2.97. The highest BCUT2D eigenvalue weighted by Crippen LogP contribution is 2.32. The first kappa shape index (κ1) is 15.3. The van der Waals surface area contributed by atoms with Crippen LogP contribution in [0.5, 0.6) is 0 Å². The summed E-state index contributed by atoms with van der Waals surface area (Å²) in [4.78, 5) is 29.2. The Labute approximate surface area is 132 Å². The largest absolute Gasteiger partial charge is 0.466 e. The summed E-state index contributed by atoms with van der Waals surface area (Å²) in [6.07, 6.45) is 3.13. The molecular formula is C15H18N4O4. The van der Waals surface area contributed by atoms with E-state index in [1.165, 1.54) is 4.40 Å². The third-order valence-corrected chi connectivity index (χ3v) is 4.00. The van der Waals surface area contributed by atoms with Gasteiger partial charge in [0.2, 0.25) is 11.5 Å². The van der Waals surface area contributed by atoms with Crippen molar-refractivity contribution in [1.82, 2.24) is 9.38 Å². The van der Waals surface area contributed by atoms with Gasteiger partial charge in [0, 0.05) is 19.2 Å². The lowest BCUT2D eigenvalue weighted by atomic mass is 9.98. The Balaban J connectivity index is 1.94. The third-order valence-electron chi connectivity index (χ3n) is 4.00. The second kappa shape index (κ2) is 6.23. The molecule has 1 unspecified atom stereocenters. The highest BCUT2D eigenvalue weighted by Gasteiger charge is 2.33. The maximum Gasteiger partial charge on any atom is 0.372 e. The molecule has 23 heavy (non-hydrogen) atoms. The van der Waals surface area contributed by atoms with Crippen molar-refractivity contribution in [2.45, 2.75) is 19.8 Å². The first-order valence-corrected chi connectivity index (χ1v) is 7.65. The lowest BCUT2D eigenvalue weighted by Crippen LogP contribution is -2.39. The summed E-state index contributed by atoms with van der Waals surface area (Å²) in [6, 6.07) is 5.24. The molecule has 0 bridgehead atoms. The maximum absolute atomic E-state index is 12.0. The lowest BCUT2D eigenvalue weighted by Gasteiger charge is -2.31. The van der Waals surface area contributed by atoms with Crippen LogP contribution in [0.15, 0.2) is 24.4 Å². The van der Waals surface area contributed by atoms with Gasteiger partial charge in [-0.3, -0.25) is 4.79 Å². The number of nitrogens with zero attached hydrogens (tertiary/aromatic N) is 4. The number of piperidine rings is 1. The van der Waals surface area contributed by atoms with Gasteiger partial charge in [0.1, 0.15) is 0 Å². The van der Waals surface area contributed by atoms with Crippen molar-refractivity contribution in [3.63, 3.8) is 0 Å². The van der Waals surface area contributed by atoms with Crippen molar-refractivity contribution in [2.75, 3.05) is 24.6 Å². The molecule has 2 aromatic rings. The number of fused-ring (bicyclic) bond motifs is 1. The number of rotatable bonds is 4. The number of carbonyl (C=O) groups is 1. The van der Waals surface area contributed by atoms with E-state index in [2.05, 4.69) is 4.98 Å². The predicted octanol–water partition coefficient (Wildman–Crippen LogP) is 2.02. The van der Waals surface area contributed by atoms with E-state index in [9.17, 15) is 14.9 Å². The van der Waals surface area contributed by atoms with Gasteiger partial charge in [-0.2, -0.15) is 9.38 Å². The van der Waals surface area contributed by atoms with Gasteiger partial charge in [-0.1, -0.05) is 6.07 Å². The van der Waals surface area contributed by atoms with E-state index in [1.54, 1.807) is 31.3 Å². The van der Waals surface area contributed by atoms with Gasteiger partial charge >= 0.3 is 11.8 Å². The Morgan fingerprint density at radius 3 is 3.09 bits per heavy atom. The summed E-state index contributed by atoms with van der Waals surface area (Å²) < 4.78 is 6.54. The SMILES string of the molecule is CCOC(=O)C1CCCN(c2nc3ccccn3c2[N+](=O)[O-])C1. The van der Waals surface area contributed by atoms with Crippen LogP contribution in [0.4, 0.5) is 11.6 Å². The fourth-order valence-electron chi connectivity index (χ4n) is 2.97. The Bertz CT molecular complexity index is 742. The highest BCUT2D eigenvalue weighted by molar-refractivity contribution is 5.74. The third kappa shape index (κ3) is 2.84. The summed E-state index contributed by atoms with van der Waals surface area (Å²) in [5.41, 5.74) is 0.521. The van der Waals surface area contributed by atoms with E-state index in [1.807, 2.05) is 4.90 Å². The van der Waals surface area contributed by atoms with Crippen LogP contribution < -0.4 is 4.90 Å². The van der Waals surface area contributed by atoms with E-state index >= 15 is 0 Å². The van der Waals surface area contributed by atoms with Crippen molar-refractivity contribution >= 4 is 23.3 Å². The number of imidazole rings is 1. The Hall–Kier alpha value is -2.64. The molecule has 1 atom stereocenters. The highest BCUT2D eigenvalue weighted by atomic mass is 16.6. The molecule has 3 heterocycles. The average Bonchev–Trinajstić information content (AvgIpc) is 2.95. The molecule has 122 valence electrons. The standard InChI is InChI=1S/C15H18N4O4/c1-2-23-15(20)11-6-5-8-17(10-11)13-14(19(21)22)18-9-4-3-7-12(18)16-13/h3-4,7,9,11H,2,5-6,8,10H2,1H3. The van der Waals surface area contributed by atoms with Crippen LogP contribution >= 0.6 is 0 Å². The molecule has 0 spiro atoms. The van der Waals surface area contributed by atoms with Crippen LogP contribution in [0.3, 0.4) is 0 Å². The van der Waals surface area contributed by atoms with Gasteiger partial charge in [-0.15, -0.1) is 0 Å². The molecule has 2 aromatic heterocycles. The van der Waals surface area contributed by atoms with E-state index in [0.717, 1.165) is 12.8 Å². The molecule has 0 amide bonds. The average molecular weight is 318 g/mol. The molecule has 0 radical (unpaired) electrons. The summed E-state index contributed by atoms with van der Waals surface area (Å²) >= 11 is 0. The molecule has 0 aromatic carbocycles. The minimum Gasteiger partial charge on any atom is -0.466 e. The second-order valence-electron chi connectivity index (χ2n) is 5.48. The summed E-state index contributed by atoms with van der Waals surface area (Å²) in [6.45, 7) is 3.14. The summed E-state index contributed by atoms with van der Waals surface area (Å²) in [7, 11) is 0. The number of pyridine rings is 1. The van der Waals surface area contributed by atoms with Gasteiger partial charge in [0.25, 0.3) is 0 Å². The minimum atomic E-state index is -0.427. The number of aromatic nitrogens is 2. The van der Waals surface area contributed by atoms with Gasteiger partial charge < -0.3 is 19.8 Å². The van der Waals surface area contributed by atoms with Crippen LogP contribution in [-0.4, -0.2) is 40.0 Å². The van der Waals surface area contributed by atoms with Crippen LogP contribution in [-0.2, 0) is 9.53 Å². The molecule has 0 saturated carbocycles. The smallest absolute Gasteiger partial charge is 0.372 e. The van der Waals surface area contributed by atoms with Gasteiger partial charge in [0.05, 0.1) is 18.7 Å². The lowest BCUT2D eigenvalue weighted by molar-refractivity contribution is -0.389. The van der Waals surface area contributed by atoms with Crippen molar-refractivity contribution < 1.29 is 14.5 Å². The first-order valence-electron chi connectivity index (χ1n) is 7.65. The number of carbonyl (C=O) groups excluding carboxylic acids is 1. The van der Waals surface area contributed by atoms with E-state index in [-0.39, 0.29) is 17.7 Å². The molecular weight excluding hydrogens is 300 g/mol. The van der Waals surface area contributed by atoms with E-state index < -0.39 is 4.92 Å². The number of hydrogen-bond donors (Lipinski definition) is 0. The van der Waals surface area contributed by atoms with Gasteiger partial charge in [0.15, 0.2) is 0 Å². The normalized spacial score (nSPS) is 18.1. The quantitative estimate of drug-likeness (QED) is 0.487. The number of hydrogen-bond acceptors (Lipinski definition) is 6. The Morgan fingerprint density at radius 2 is 2.35 bits per heavy atom. The summed E-state index contributed by atoms with van der Waals surface area (Å²) in [5, 5.41) is 11.5. The molecule has 8 nitrogen and oxygen atoms in total. The topological polar surface area (TPSA) is 90.0 Å². The van der Waals surface area contributed by atoms with Crippen LogP contribution in [0.1, 0.15) is 19.8 Å². The van der Waals surface area contributed by atoms with Crippen LogP contribution in [0.25, 0.3) is 5.65 Å². The zero-order valence-corrected chi connectivity index (χ0v) is 12.8. The molecule has 1 saturated heterocycles. The maximum atomic E-state index is 12.0. The van der Waals surface area contributed by atoms with Gasteiger partial charge in [-0.25, -0.2) is 0 Å². The first-order chi connectivity index (χ1) is 11.1. The predicted molar refractivity (Wildman–Crippen MR) is 83.4 cm³/mol. The van der Waals surface area contributed by atoms with Crippen molar-refractivity contribution in [1.29, 1.82) is 0 Å². The number of nitro groups is 1. The number of anilines is 1. The molecule has 1 fully saturated rings. The van der Waals surface area contributed by atoms with Crippen LogP contribution in [0, 0.1) is 16.0 Å². The summed E-state index contributed by atoms with van der Waals surface area (Å²) in [5.74, 6) is -0.267. The molecule has 0 aliphatic carbocycles. The van der Waals surface area contributed by atoms with Crippen molar-refractivity contribution in [3.05, 3.63) is 34.5 Å². The van der Waals surface area contributed by atoms with Crippen molar-refractivity contribution in [2.24, 2.45) is 5.92 Å². The molecule has 3 rings (SSSR count). The van der Waals surface area contributed by atoms with E-state index in [0.29, 0.717) is 31.2 Å². The second-order valence-corrected chi connectivity index (χ2v) is 5.48. The minimum absolute atomic E-state index is 0.0647.